The normalized spacial score (nSPS) is 28.5. The molecule has 24 heavy (non-hydrogen) atoms. The van der Waals surface area contributed by atoms with Gasteiger partial charge in [0.2, 0.25) is 0 Å². The highest BCUT2D eigenvalue weighted by Crippen LogP contribution is 2.31. The monoisotopic (exact) mass is 410 g/mol. The topological polar surface area (TPSA) is 32.3 Å². The molecule has 0 bridgehead atoms. The molecule has 132 valence electrons. The van der Waals surface area contributed by atoms with Gasteiger partial charge in [0.25, 0.3) is 5.91 Å². The van der Waals surface area contributed by atoms with Crippen LogP contribution in [0.3, 0.4) is 0 Å². The summed E-state index contributed by atoms with van der Waals surface area (Å²) in [5.74, 6) is 0.578. The van der Waals surface area contributed by atoms with Crippen molar-refractivity contribution in [2.75, 3.05) is 19.6 Å². The number of carbonyl (C=O) groups excluding carboxylic acids is 1. The highest BCUT2D eigenvalue weighted by atomic mass is 79.9. The van der Waals surface area contributed by atoms with E-state index in [1.165, 1.54) is 45.2 Å². The Balaban J connectivity index is 1.62. The fourth-order valence-electron chi connectivity index (χ4n) is 4.08. The molecule has 1 N–H and O–H groups in total. The van der Waals surface area contributed by atoms with Gasteiger partial charge in [-0.05, 0) is 75.4 Å². The van der Waals surface area contributed by atoms with Crippen LogP contribution in [0.4, 0.5) is 0 Å². The number of nitrogens with one attached hydrogen (secondary N) is 1. The van der Waals surface area contributed by atoms with Crippen LogP contribution in [0.5, 0.6) is 0 Å². The molecule has 1 aliphatic heterocycles. The summed E-state index contributed by atoms with van der Waals surface area (Å²) in [5, 5.41) is 3.68. The van der Waals surface area contributed by atoms with Gasteiger partial charge in [0.1, 0.15) is 0 Å². The molecule has 2 fully saturated rings. The van der Waals surface area contributed by atoms with Crippen molar-refractivity contribution in [3.05, 3.63) is 34.3 Å². The van der Waals surface area contributed by atoms with E-state index in [4.69, 9.17) is 12.6 Å². The molecule has 3 nitrogen and oxygen atoms in total. The largest absolute Gasteiger partial charge is 0.352 e. The Kier molecular flexibility index (Phi) is 6.64. The molecule has 3 rings (SSSR count). The lowest BCUT2D eigenvalue weighted by atomic mass is 9.93. The summed E-state index contributed by atoms with van der Waals surface area (Å²) in [6.07, 6.45) is 7.39. The van der Waals surface area contributed by atoms with Crippen molar-refractivity contribution in [3.63, 3.8) is 0 Å². The first kappa shape index (κ1) is 18.3. The van der Waals surface area contributed by atoms with Crippen molar-refractivity contribution in [3.8, 4) is 0 Å². The second-order valence-electron chi connectivity index (χ2n) is 7.11. The predicted molar refractivity (Wildman–Crippen MR) is 106 cm³/mol. The van der Waals surface area contributed by atoms with Gasteiger partial charge >= 0.3 is 0 Å². The minimum Gasteiger partial charge on any atom is -0.352 e. The summed E-state index contributed by atoms with van der Waals surface area (Å²) in [5.41, 5.74) is 0.733. The Morgan fingerprint density at radius 3 is 2.58 bits per heavy atom. The van der Waals surface area contributed by atoms with Crippen LogP contribution in [0, 0.1) is 5.92 Å². The van der Waals surface area contributed by atoms with Crippen molar-refractivity contribution in [2.24, 2.45) is 5.92 Å². The van der Waals surface area contributed by atoms with Crippen molar-refractivity contribution in [1.82, 2.24) is 10.2 Å². The van der Waals surface area contributed by atoms with Gasteiger partial charge in [0.05, 0.1) is 0 Å². The minimum atomic E-state index is 0.0364. The number of amides is 1. The molecule has 1 heterocycles. The smallest absolute Gasteiger partial charge is 0.251 e. The maximum atomic E-state index is 12.4. The number of carbonyl (C=O) groups is 1. The average Bonchev–Trinajstić information content (AvgIpc) is 3.04. The molecule has 1 aromatic carbocycles. The van der Waals surface area contributed by atoms with Crippen LogP contribution in [0.1, 0.15) is 48.9 Å². The Morgan fingerprint density at radius 1 is 1.17 bits per heavy atom. The van der Waals surface area contributed by atoms with Gasteiger partial charge in [-0.2, -0.15) is 12.6 Å². The van der Waals surface area contributed by atoms with Crippen LogP contribution in [0.25, 0.3) is 0 Å². The second-order valence-corrected chi connectivity index (χ2v) is 8.75. The van der Waals surface area contributed by atoms with E-state index in [0.29, 0.717) is 17.2 Å². The molecule has 1 saturated heterocycles. The molecule has 1 amide bonds. The number of halogens is 1. The third-order valence-corrected chi connectivity index (χ3v) is 6.41. The highest BCUT2D eigenvalue weighted by Gasteiger charge is 2.32. The van der Waals surface area contributed by atoms with Crippen LogP contribution >= 0.6 is 28.6 Å². The van der Waals surface area contributed by atoms with Crippen molar-refractivity contribution < 1.29 is 4.79 Å². The van der Waals surface area contributed by atoms with Crippen molar-refractivity contribution >= 4 is 34.5 Å². The second kappa shape index (κ2) is 8.72. The summed E-state index contributed by atoms with van der Waals surface area (Å²) < 4.78 is 0.997. The number of nitrogens with zero attached hydrogens (tertiary/aromatic N) is 1. The molecule has 1 aromatic rings. The molecule has 5 heteroatoms. The number of rotatable bonds is 4. The van der Waals surface area contributed by atoms with Crippen molar-refractivity contribution in [1.29, 1.82) is 0 Å². The van der Waals surface area contributed by atoms with Crippen LogP contribution in [0.15, 0.2) is 28.7 Å². The van der Waals surface area contributed by atoms with Gasteiger partial charge < -0.3 is 10.2 Å². The molecule has 0 spiro atoms. The van der Waals surface area contributed by atoms with Gasteiger partial charge in [0, 0.05) is 27.9 Å². The molecule has 1 saturated carbocycles. The zero-order chi connectivity index (χ0) is 16.9. The maximum absolute atomic E-state index is 12.4. The zero-order valence-corrected chi connectivity index (χ0v) is 16.6. The van der Waals surface area contributed by atoms with E-state index in [1.54, 1.807) is 0 Å². The van der Waals surface area contributed by atoms with Crippen LogP contribution < -0.4 is 5.32 Å². The molecular weight excluding hydrogens is 384 g/mol. The van der Waals surface area contributed by atoms with Gasteiger partial charge in [0.15, 0.2) is 0 Å². The standard InChI is InChI=1S/C19H27BrN2OS/c20-16-8-6-14(7-9-16)19(23)21-13-15-4-3-5-17(24)12-18(15)22-10-1-2-11-22/h6-9,15,17-18,24H,1-5,10-13H2,(H,21,23). The molecule has 3 atom stereocenters. The zero-order valence-electron chi connectivity index (χ0n) is 14.1. The number of hydrogen-bond donors (Lipinski definition) is 2. The van der Waals surface area contributed by atoms with E-state index in [-0.39, 0.29) is 5.91 Å². The highest BCUT2D eigenvalue weighted by molar-refractivity contribution is 9.10. The number of benzene rings is 1. The molecule has 3 unspecified atom stereocenters. The lowest BCUT2D eigenvalue weighted by Gasteiger charge is -2.34. The lowest BCUT2D eigenvalue weighted by molar-refractivity contribution is 0.0927. The number of likely N-dealkylation sites (tertiary alicyclic amines) is 1. The van der Waals surface area contributed by atoms with E-state index in [1.807, 2.05) is 24.3 Å². The van der Waals surface area contributed by atoms with Crippen molar-refractivity contribution in [2.45, 2.75) is 49.8 Å². The van der Waals surface area contributed by atoms with Crippen LogP contribution in [0.2, 0.25) is 0 Å². The maximum Gasteiger partial charge on any atom is 0.251 e. The molecule has 2 aliphatic rings. The fourth-order valence-corrected chi connectivity index (χ4v) is 4.75. The SMILES string of the molecule is O=C(NCC1CCCC(S)CC1N1CCCC1)c1ccc(Br)cc1. The summed E-state index contributed by atoms with van der Waals surface area (Å²) in [7, 11) is 0. The van der Waals surface area contributed by atoms with Gasteiger partial charge in [-0.25, -0.2) is 0 Å². The Morgan fingerprint density at radius 2 is 1.88 bits per heavy atom. The van der Waals surface area contributed by atoms with Crippen LogP contribution in [-0.2, 0) is 0 Å². The summed E-state index contributed by atoms with van der Waals surface area (Å²) in [6, 6.07) is 8.14. The van der Waals surface area contributed by atoms with E-state index in [2.05, 4.69) is 26.1 Å². The molecule has 1 aliphatic carbocycles. The van der Waals surface area contributed by atoms with Gasteiger partial charge in [-0.3, -0.25) is 4.79 Å². The van der Waals surface area contributed by atoms with E-state index >= 15 is 0 Å². The third kappa shape index (κ3) is 4.77. The van der Waals surface area contributed by atoms with E-state index < -0.39 is 0 Å². The summed E-state index contributed by atoms with van der Waals surface area (Å²) >= 11 is 8.19. The van der Waals surface area contributed by atoms with Gasteiger partial charge in [-0.1, -0.05) is 22.4 Å². The molecule has 0 aromatic heterocycles. The quantitative estimate of drug-likeness (QED) is 0.577. The van der Waals surface area contributed by atoms with Gasteiger partial charge in [-0.15, -0.1) is 0 Å². The average molecular weight is 411 g/mol. The first-order chi connectivity index (χ1) is 11.6. The summed E-state index contributed by atoms with van der Waals surface area (Å²) in [6.45, 7) is 3.20. The number of thiol groups is 1. The van der Waals surface area contributed by atoms with Crippen LogP contribution in [-0.4, -0.2) is 41.7 Å². The first-order valence-corrected chi connectivity index (χ1v) is 10.4. The Hall–Kier alpha value is -0.520. The number of hydrogen-bond acceptors (Lipinski definition) is 3. The first-order valence-electron chi connectivity index (χ1n) is 9.09. The predicted octanol–water partition coefficient (Wildman–Crippen LogP) is 4.13. The minimum absolute atomic E-state index is 0.0364. The Labute approximate surface area is 159 Å². The lowest BCUT2D eigenvalue weighted by Crippen LogP contribution is -2.44. The molecule has 0 radical (unpaired) electrons. The Bertz CT molecular complexity index is 545. The van der Waals surface area contributed by atoms with E-state index in [9.17, 15) is 4.79 Å². The summed E-state index contributed by atoms with van der Waals surface area (Å²) in [4.78, 5) is 15.1. The molecular formula is C19H27BrN2OS. The third-order valence-electron chi connectivity index (χ3n) is 5.41. The fraction of sp³-hybridized carbons (Fsp3) is 0.632. The van der Waals surface area contributed by atoms with E-state index in [0.717, 1.165) is 23.0 Å².